The van der Waals surface area contributed by atoms with Gasteiger partial charge in [0.15, 0.2) is 11.5 Å². The van der Waals surface area contributed by atoms with Crippen LogP contribution in [0.15, 0.2) is 42.5 Å². The first-order valence-corrected chi connectivity index (χ1v) is 11.0. The summed E-state index contributed by atoms with van der Waals surface area (Å²) in [6.45, 7) is 1.00. The largest absolute Gasteiger partial charge is 0.493 e. The number of methoxy groups -OCH3 is 1. The first-order chi connectivity index (χ1) is 15.2. The number of aromatic nitrogens is 2. The van der Waals surface area contributed by atoms with E-state index in [1.165, 1.54) is 24.1 Å². The van der Waals surface area contributed by atoms with Crippen LogP contribution in [0.2, 0.25) is 0 Å². The molecule has 0 bridgehead atoms. The maximum atomic E-state index is 13.3. The summed E-state index contributed by atoms with van der Waals surface area (Å²) in [7, 11) is 1.64. The molecule has 5 rings (SSSR count). The number of carbonyl (C=O) groups excluding carboxylic acids is 1. The van der Waals surface area contributed by atoms with E-state index in [0.29, 0.717) is 37.4 Å². The molecular weight excluding hydrogens is 390 g/mol. The lowest BCUT2D eigenvalue weighted by Crippen LogP contribution is -2.31. The van der Waals surface area contributed by atoms with Crippen molar-refractivity contribution in [2.75, 3.05) is 7.11 Å². The molecule has 1 N–H and O–H groups in total. The van der Waals surface area contributed by atoms with Gasteiger partial charge in [-0.1, -0.05) is 30.3 Å². The van der Waals surface area contributed by atoms with Crippen molar-refractivity contribution in [2.24, 2.45) is 0 Å². The zero-order valence-corrected chi connectivity index (χ0v) is 17.8. The van der Waals surface area contributed by atoms with Gasteiger partial charge in [0, 0.05) is 42.8 Å². The number of ether oxygens (including phenoxy) is 2. The van der Waals surface area contributed by atoms with Crippen molar-refractivity contribution in [3.05, 3.63) is 70.5 Å². The molecule has 0 saturated carbocycles. The summed E-state index contributed by atoms with van der Waals surface area (Å²) in [4.78, 5) is 15.2. The van der Waals surface area contributed by atoms with Crippen LogP contribution in [0, 0.1) is 0 Å². The molecule has 2 aromatic carbocycles. The highest BCUT2D eigenvalue weighted by Gasteiger charge is 2.24. The lowest BCUT2D eigenvalue weighted by atomic mass is 9.94. The number of amides is 1. The van der Waals surface area contributed by atoms with Crippen molar-refractivity contribution >= 4 is 5.91 Å². The fourth-order valence-corrected chi connectivity index (χ4v) is 4.59. The van der Waals surface area contributed by atoms with Gasteiger partial charge in [-0.2, -0.15) is 5.10 Å². The quantitative estimate of drug-likeness (QED) is 0.676. The first-order valence-electron chi connectivity index (χ1n) is 11.0. The topological polar surface area (TPSA) is 67.5 Å². The molecule has 31 heavy (non-hydrogen) atoms. The smallest absolute Gasteiger partial charge is 0.223 e. The number of benzene rings is 2. The lowest BCUT2D eigenvalue weighted by molar-refractivity contribution is -0.132. The lowest BCUT2D eigenvalue weighted by Gasteiger charge is -2.28. The standard InChI is InChI=1S/C25H27N3O3/c1-30-23-12-6-8-18-16-28(15-17-7-2-5-11-22(17)31-25(18)23)24(29)14-13-21-19-9-3-4-10-20(19)26-27-21/h2,5-8,11-12H,3-4,9-10,13-16H2,1H3,(H,26,27). The molecule has 0 spiro atoms. The summed E-state index contributed by atoms with van der Waals surface area (Å²) in [6, 6.07) is 13.7. The Bertz CT molecular complexity index is 1110. The van der Waals surface area contributed by atoms with Crippen LogP contribution in [0.5, 0.6) is 17.2 Å². The zero-order chi connectivity index (χ0) is 21.2. The number of nitrogens with zero attached hydrogens (tertiary/aromatic N) is 2. The van der Waals surface area contributed by atoms with Crippen LogP contribution in [0.1, 0.15) is 47.3 Å². The number of hydrogen-bond donors (Lipinski definition) is 1. The molecule has 2 aliphatic rings. The molecule has 0 atom stereocenters. The van der Waals surface area contributed by atoms with E-state index in [1.54, 1.807) is 7.11 Å². The second-order valence-corrected chi connectivity index (χ2v) is 8.24. The Labute approximate surface area is 182 Å². The van der Waals surface area contributed by atoms with E-state index in [4.69, 9.17) is 9.47 Å². The highest BCUT2D eigenvalue weighted by Crippen LogP contribution is 2.39. The number of rotatable bonds is 4. The Hall–Kier alpha value is -3.28. The van der Waals surface area contributed by atoms with Crippen LogP contribution >= 0.6 is 0 Å². The molecule has 6 heteroatoms. The van der Waals surface area contributed by atoms with E-state index in [0.717, 1.165) is 35.4 Å². The molecular formula is C25H27N3O3. The second kappa shape index (κ2) is 8.46. The Morgan fingerprint density at radius 2 is 1.90 bits per heavy atom. The van der Waals surface area contributed by atoms with Gasteiger partial charge in [-0.25, -0.2) is 0 Å². The molecule has 0 fully saturated rings. The van der Waals surface area contributed by atoms with Gasteiger partial charge in [0.1, 0.15) is 5.75 Å². The number of aryl methyl sites for hydroxylation is 2. The van der Waals surface area contributed by atoms with Gasteiger partial charge < -0.3 is 14.4 Å². The molecule has 6 nitrogen and oxygen atoms in total. The van der Waals surface area contributed by atoms with Crippen molar-refractivity contribution in [2.45, 2.75) is 51.6 Å². The van der Waals surface area contributed by atoms with E-state index >= 15 is 0 Å². The van der Waals surface area contributed by atoms with Gasteiger partial charge in [-0.05, 0) is 43.4 Å². The summed E-state index contributed by atoms with van der Waals surface area (Å²) < 4.78 is 11.8. The van der Waals surface area contributed by atoms with E-state index in [-0.39, 0.29) is 5.91 Å². The number of aromatic amines is 1. The number of H-pyrrole nitrogens is 1. The predicted molar refractivity (Wildman–Crippen MR) is 117 cm³/mol. The molecule has 160 valence electrons. The molecule has 0 radical (unpaired) electrons. The summed E-state index contributed by atoms with van der Waals surface area (Å²) in [5.41, 5.74) is 5.58. The van der Waals surface area contributed by atoms with Gasteiger partial charge in [-0.15, -0.1) is 0 Å². The highest BCUT2D eigenvalue weighted by molar-refractivity contribution is 5.77. The molecule has 0 saturated heterocycles. The molecule has 2 heterocycles. The molecule has 1 aromatic heterocycles. The van der Waals surface area contributed by atoms with Gasteiger partial charge in [-0.3, -0.25) is 9.89 Å². The Kier molecular flexibility index (Phi) is 5.37. The fourth-order valence-electron chi connectivity index (χ4n) is 4.59. The van der Waals surface area contributed by atoms with E-state index < -0.39 is 0 Å². The van der Waals surface area contributed by atoms with Crippen molar-refractivity contribution in [3.63, 3.8) is 0 Å². The minimum Gasteiger partial charge on any atom is -0.493 e. The maximum absolute atomic E-state index is 13.3. The highest BCUT2D eigenvalue weighted by atomic mass is 16.5. The van der Waals surface area contributed by atoms with Crippen LogP contribution in [-0.4, -0.2) is 28.1 Å². The minimum absolute atomic E-state index is 0.123. The normalized spacial score (nSPS) is 15.1. The van der Waals surface area contributed by atoms with Gasteiger partial charge in [0.25, 0.3) is 0 Å². The first kappa shape index (κ1) is 19.7. The Morgan fingerprint density at radius 1 is 1.10 bits per heavy atom. The summed E-state index contributed by atoms with van der Waals surface area (Å²) in [5.74, 6) is 2.23. The number of carbonyl (C=O) groups is 1. The van der Waals surface area contributed by atoms with Crippen molar-refractivity contribution < 1.29 is 14.3 Å². The number of para-hydroxylation sites is 2. The average Bonchev–Trinajstić information content (AvgIpc) is 3.20. The third-order valence-electron chi connectivity index (χ3n) is 6.26. The fraction of sp³-hybridized carbons (Fsp3) is 0.360. The van der Waals surface area contributed by atoms with Crippen LogP contribution in [-0.2, 0) is 37.1 Å². The average molecular weight is 418 g/mol. The predicted octanol–water partition coefficient (Wildman–Crippen LogP) is 4.56. The van der Waals surface area contributed by atoms with Gasteiger partial charge in [0.05, 0.1) is 12.8 Å². The summed E-state index contributed by atoms with van der Waals surface area (Å²) in [6.07, 6.45) is 5.67. The molecule has 1 aliphatic heterocycles. The third-order valence-corrected chi connectivity index (χ3v) is 6.26. The van der Waals surface area contributed by atoms with Crippen LogP contribution in [0.25, 0.3) is 0 Å². The van der Waals surface area contributed by atoms with Gasteiger partial charge >= 0.3 is 0 Å². The zero-order valence-electron chi connectivity index (χ0n) is 17.8. The van der Waals surface area contributed by atoms with E-state index in [9.17, 15) is 4.79 Å². The van der Waals surface area contributed by atoms with Crippen molar-refractivity contribution in [1.29, 1.82) is 0 Å². The Morgan fingerprint density at radius 3 is 2.81 bits per heavy atom. The summed E-state index contributed by atoms with van der Waals surface area (Å²) in [5, 5.41) is 7.69. The van der Waals surface area contributed by atoms with Crippen LogP contribution < -0.4 is 9.47 Å². The molecule has 1 amide bonds. The second-order valence-electron chi connectivity index (χ2n) is 8.24. The monoisotopic (exact) mass is 417 g/mol. The third kappa shape index (κ3) is 3.90. The van der Waals surface area contributed by atoms with Crippen LogP contribution in [0.4, 0.5) is 0 Å². The number of hydrogen-bond acceptors (Lipinski definition) is 4. The van der Waals surface area contributed by atoms with E-state index in [2.05, 4.69) is 10.2 Å². The van der Waals surface area contributed by atoms with Crippen LogP contribution in [0.3, 0.4) is 0 Å². The number of fused-ring (bicyclic) bond motifs is 3. The van der Waals surface area contributed by atoms with Crippen molar-refractivity contribution in [3.8, 4) is 17.2 Å². The molecule has 0 unspecified atom stereocenters. The molecule has 3 aromatic rings. The SMILES string of the molecule is COc1cccc2c1Oc1ccccc1CN(C(=O)CCc1n[nH]c3c1CCCC3)C2. The molecule has 1 aliphatic carbocycles. The Balaban J connectivity index is 1.40. The minimum atomic E-state index is 0.123. The van der Waals surface area contributed by atoms with Gasteiger partial charge in [0.2, 0.25) is 5.91 Å². The summed E-state index contributed by atoms with van der Waals surface area (Å²) >= 11 is 0. The van der Waals surface area contributed by atoms with Crippen molar-refractivity contribution in [1.82, 2.24) is 15.1 Å². The van der Waals surface area contributed by atoms with E-state index in [1.807, 2.05) is 47.4 Å². The maximum Gasteiger partial charge on any atom is 0.223 e. The number of nitrogens with one attached hydrogen (secondary N) is 1.